The van der Waals surface area contributed by atoms with Gasteiger partial charge in [-0.25, -0.2) is 0 Å². The number of hydrogen-bond acceptors (Lipinski definition) is 3. The molecule has 0 saturated carbocycles. The monoisotopic (exact) mass is 297 g/mol. The predicted molar refractivity (Wildman–Crippen MR) is 86.2 cm³/mol. The second-order valence-corrected chi connectivity index (χ2v) is 5.03. The molecule has 0 radical (unpaired) electrons. The van der Waals surface area contributed by atoms with Crippen LogP contribution in [-0.4, -0.2) is 22.8 Å². The number of nitrogens with zero attached hydrogens (tertiary/aromatic N) is 1. The molecule has 2 rings (SSSR count). The van der Waals surface area contributed by atoms with E-state index in [1.54, 1.807) is 24.4 Å². The average molecular weight is 297 g/mol. The van der Waals surface area contributed by atoms with E-state index in [1.807, 2.05) is 18.2 Å². The number of nitrogens with one attached hydrogen (secondary N) is 1. The summed E-state index contributed by atoms with van der Waals surface area (Å²) in [6.45, 7) is 3.63. The van der Waals surface area contributed by atoms with Crippen LogP contribution in [0.5, 0.6) is 0 Å². The maximum absolute atomic E-state index is 12.4. The zero-order valence-electron chi connectivity index (χ0n) is 12.3. The molecule has 1 aromatic heterocycles. The van der Waals surface area contributed by atoms with Crippen LogP contribution in [0.4, 0.5) is 0 Å². The van der Waals surface area contributed by atoms with E-state index in [9.17, 15) is 9.59 Å². The number of fused-ring (bicyclic) bond motifs is 1. The van der Waals surface area contributed by atoms with Crippen LogP contribution in [0.25, 0.3) is 10.9 Å². The molecular weight excluding hydrogens is 278 g/mol. The first-order chi connectivity index (χ1) is 10.6. The number of carbonyl (C=O) groups is 2. The van der Waals surface area contributed by atoms with Crippen LogP contribution < -0.4 is 11.1 Å². The Bertz CT molecular complexity index is 692. The van der Waals surface area contributed by atoms with Crippen molar-refractivity contribution in [2.24, 2.45) is 5.73 Å². The molecular formula is C17H19N3O2. The highest BCUT2D eigenvalue weighted by atomic mass is 16.2. The van der Waals surface area contributed by atoms with Crippen LogP contribution in [0.3, 0.4) is 0 Å². The maximum Gasteiger partial charge on any atom is 0.254 e. The Labute approximate surface area is 129 Å². The van der Waals surface area contributed by atoms with E-state index in [0.29, 0.717) is 17.5 Å². The van der Waals surface area contributed by atoms with Crippen LogP contribution in [0, 0.1) is 0 Å². The zero-order chi connectivity index (χ0) is 15.9. The molecule has 0 aliphatic heterocycles. The van der Waals surface area contributed by atoms with Crippen LogP contribution in [0.1, 0.15) is 29.6 Å². The Hall–Kier alpha value is -2.69. The summed E-state index contributed by atoms with van der Waals surface area (Å²) in [6.07, 6.45) is 5.41. The number of hydrogen-bond donors (Lipinski definition) is 2. The second-order valence-electron chi connectivity index (χ2n) is 5.03. The summed E-state index contributed by atoms with van der Waals surface area (Å²) < 4.78 is 0. The highest BCUT2D eigenvalue weighted by Gasteiger charge is 2.19. The van der Waals surface area contributed by atoms with Crippen LogP contribution in [0.2, 0.25) is 0 Å². The van der Waals surface area contributed by atoms with E-state index in [1.165, 1.54) is 0 Å². The molecule has 1 aromatic carbocycles. The second kappa shape index (κ2) is 7.36. The summed E-state index contributed by atoms with van der Waals surface area (Å²) in [5.41, 5.74) is 6.41. The normalized spacial score (nSPS) is 11.8. The molecule has 114 valence electrons. The highest BCUT2D eigenvalue weighted by Crippen LogP contribution is 2.16. The summed E-state index contributed by atoms with van der Waals surface area (Å²) in [7, 11) is 0. The predicted octanol–water partition coefficient (Wildman–Crippen LogP) is 2.17. The molecule has 1 atom stereocenters. The van der Waals surface area contributed by atoms with Gasteiger partial charge in [0, 0.05) is 11.6 Å². The number of para-hydroxylation sites is 1. The van der Waals surface area contributed by atoms with Gasteiger partial charge in [-0.1, -0.05) is 24.3 Å². The first kappa shape index (κ1) is 15.7. The standard InChI is InChI=1S/C17H19N3O2/c1-2-3-4-10-14(16(18)21)20-17(22)13-9-5-7-12-8-6-11-19-15(12)13/h2,5-9,11,14H,1,3-4,10H2,(H2,18,21)(H,20,22)/t14-/m1/s1. The van der Waals surface area contributed by atoms with Crippen molar-refractivity contribution in [3.63, 3.8) is 0 Å². The number of allylic oxidation sites excluding steroid dienone is 1. The minimum absolute atomic E-state index is 0.341. The first-order valence-corrected chi connectivity index (χ1v) is 7.18. The van der Waals surface area contributed by atoms with Crippen molar-refractivity contribution >= 4 is 22.7 Å². The third kappa shape index (κ3) is 3.69. The quantitative estimate of drug-likeness (QED) is 0.606. The van der Waals surface area contributed by atoms with Crippen molar-refractivity contribution in [3.05, 3.63) is 54.7 Å². The van der Waals surface area contributed by atoms with Gasteiger partial charge in [-0.3, -0.25) is 14.6 Å². The van der Waals surface area contributed by atoms with Gasteiger partial charge >= 0.3 is 0 Å². The van der Waals surface area contributed by atoms with Gasteiger partial charge in [0.2, 0.25) is 5.91 Å². The number of pyridine rings is 1. The number of primary amides is 1. The molecule has 5 nitrogen and oxygen atoms in total. The largest absolute Gasteiger partial charge is 0.368 e. The lowest BCUT2D eigenvalue weighted by atomic mass is 10.1. The average Bonchev–Trinajstić information content (AvgIpc) is 2.53. The van der Waals surface area contributed by atoms with Gasteiger partial charge in [0.1, 0.15) is 6.04 Å². The Morgan fingerprint density at radius 3 is 2.82 bits per heavy atom. The van der Waals surface area contributed by atoms with Crippen LogP contribution >= 0.6 is 0 Å². The van der Waals surface area contributed by atoms with Crippen molar-refractivity contribution in [3.8, 4) is 0 Å². The fourth-order valence-corrected chi connectivity index (χ4v) is 2.28. The Balaban J connectivity index is 2.18. The van der Waals surface area contributed by atoms with E-state index in [0.717, 1.165) is 18.2 Å². The third-order valence-corrected chi connectivity index (χ3v) is 3.43. The summed E-state index contributed by atoms with van der Waals surface area (Å²) in [5.74, 6) is -0.877. The topological polar surface area (TPSA) is 85.1 Å². The molecule has 0 saturated heterocycles. The SMILES string of the molecule is C=CCCC[C@@H](NC(=O)c1cccc2cccnc12)C(N)=O. The van der Waals surface area contributed by atoms with Crippen molar-refractivity contribution in [1.29, 1.82) is 0 Å². The van der Waals surface area contributed by atoms with Crippen LogP contribution in [0.15, 0.2) is 49.2 Å². The number of unbranched alkanes of at least 4 members (excludes halogenated alkanes) is 1. The molecule has 2 amide bonds. The molecule has 5 heteroatoms. The summed E-state index contributed by atoms with van der Waals surface area (Å²) in [4.78, 5) is 28.2. The molecule has 0 aliphatic rings. The molecule has 2 aromatic rings. The van der Waals surface area contributed by atoms with Gasteiger partial charge in [-0.15, -0.1) is 6.58 Å². The lowest BCUT2D eigenvalue weighted by Gasteiger charge is -2.15. The minimum atomic E-state index is -0.689. The molecule has 22 heavy (non-hydrogen) atoms. The summed E-state index contributed by atoms with van der Waals surface area (Å²) in [5, 5.41) is 3.57. The fraction of sp³-hybridized carbons (Fsp3) is 0.235. The molecule has 0 fully saturated rings. The maximum atomic E-state index is 12.4. The first-order valence-electron chi connectivity index (χ1n) is 7.18. The summed E-state index contributed by atoms with van der Waals surface area (Å²) in [6, 6.07) is 8.36. The van der Waals surface area contributed by atoms with E-state index >= 15 is 0 Å². The Kier molecular flexibility index (Phi) is 5.25. The van der Waals surface area contributed by atoms with Gasteiger partial charge in [0.05, 0.1) is 11.1 Å². The minimum Gasteiger partial charge on any atom is -0.368 e. The number of carbonyl (C=O) groups excluding carboxylic acids is 2. The van der Waals surface area contributed by atoms with E-state index < -0.39 is 11.9 Å². The van der Waals surface area contributed by atoms with Gasteiger partial charge < -0.3 is 11.1 Å². The van der Waals surface area contributed by atoms with Crippen molar-refractivity contribution < 1.29 is 9.59 Å². The number of aromatic nitrogens is 1. The smallest absolute Gasteiger partial charge is 0.254 e. The summed E-state index contributed by atoms with van der Waals surface area (Å²) >= 11 is 0. The lowest BCUT2D eigenvalue weighted by molar-refractivity contribution is -0.120. The van der Waals surface area contributed by atoms with E-state index in [-0.39, 0.29) is 5.91 Å². The van der Waals surface area contributed by atoms with Gasteiger partial charge in [-0.2, -0.15) is 0 Å². The van der Waals surface area contributed by atoms with E-state index in [2.05, 4.69) is 16.9 Å². The molecule has 3 N–H and O–H groups in total. The highest BCUT2D eigenvalue weighted by molar-refractivity contribution is 6.06. The zero-order valence-corrected chi connectivity index (χ0v) is 12.3. The number of nitrogens with two attached hydrogens (primary N) is 1. The Morgan fingerprint density at radius 2 is 2.09 bits per heavy atom. The molecule has 0 unspecified atom stereocenters. The number of amides is 2. The van der Waals surface area contributed by atoms with Gasteiger partial charge in [-0.05, 0) is 31.4 Å². The van der Waals surface area contributed by atoms with Gasteiger partial charge in [0.15, 0.2) is 0 Å². The lowest BCUT2D eigenvalue weighted by Crippen LogP contribution is -2.44. The van der Waals surface area contributed by atoms with Gasteiger partial charge in [0.25, 0.3) is 5.91 Å². The molecule has 0 bridgehead atoms. The van der Waals surface area contributed by atoms with Crippen molar-refractivity contribution in [2.75, 3.05) is 0 Å². The molecule has 0 spiro atoms. The van der Waals surface area contributed by atoms with Crippen LogP contribution in [-0.2, 0) is 4.79 Å². The van der Waals surface area contributed by atoms with Crippen molar-refractivity contribution in [1.82, 2.24) is 10.3 Å². The molecule has 1 heterocycles. The number of benzene rings is 1. The van der Waals surface area contributed by atoms with E-state index in [4.69, 9.17) is 5.73 Å². The number of rotatable bonds is 7. The third-order valence-electron chi connectivity index (χ3n) is 3.43. The fourth-order valence-electron chi connectivity index (χ4n) is 2.28. The Morgan fingerprint density at radius 1 is 1.32 bits per heavy atom. The molecule has 0 aliphatic carbocycles. The van der Waals surface area contributed by atoms with Crippen molar-refractivity contribution in [2.45, 2.75) is 25.3 Å².